The van der Waals surface area contributed by atoms with Crippen LogP contribution in [-0.4, -0.2) is 10.1 Å². The number of hydrogen-bond acceptors (Lipinski definition) is 2. The summed E-state index contributed by atoms with van der Waals surface area (Å²) >= 11 is 0. The number of pyridine rings is 1. The Morgan fingerprint density at radius 1 is 1.45 bits per heavy atom. The summed E-state index contributed by atoms with van der Waals surface area (Å²) in [5.74, 6) is 0. The van der Waals surface area contributed by atoms with Gasteiger partial charge in [-0.1, -0.05) is 19.9 Å². The van der Waals surface area contributed by atoms with Gasteiger partial charge in [0.05, 0.1) is 6.61 Å². The van der Waals surface area contributed by atoms with Gasteiger partial charge < -0.3 is 5.11 Å². The number of rotatable bonds is 1. The first-order valence-corrected chi connectivity index (χ1v) is 3.86. The van der Waals surface area contributed by atoms with Crippen molar-refractivity contribution in [2.24, 2.45) is 0 Å². The van der Waals surface area contributed by atoms with Crippen LogP contribution in [0.1, 0.15) is 25.1 Å². The van der Waals surface area contributed by atoms with Crippen molar-refractivity contribution in [1.82, 2.24) is 4.98 Å². The summed E-state index contributed by atoms with van der Waals surface area (Å²) in [4.78, 5) is 3.99. The molecule has 0 aliphatic carbocycles. The minimum atomic E-state index is 0.0830. The van der Waals surface area contributed by atoms with E-state index in [4.69, 9.17) is 5.11 Å². The lowest BCUT2D eigenvalue weighted by atomic mass is 10.2. The Hall–Kier alpha value is -0.890. The molecule has 1 N–H and O–H groups in total. The molecule has 0 saturated heterocycles. The fourth-order valence-electron chi connectivity index (χ4n) is 0.685. The molecule has 0 aromatic carbocycles. The van der Waals surface area contributed by atoms with E-state index in [1.54, 1.807) is 6.20 Å². The Bertz CT molecular complexity index is 199. The molecule has 62 valence electrons. The SMILES string of the molecule is CC.Cc1ncccc1CO. The summed E-state index contributed by atoms with van der Waals surface area (Å²) in [5, 5.41) is 8.68. The van der Waals surface area contributed by atoms with Crippen LogP contribution in [-0.2, 0) is 6.61 Å². The first-order valence-electron chi connectivity index (χ1n) is 3.86. The van der Waals surface area contributed by atoms with Crippen molar-refractivity contribution in [3.05, 3.63) is 29.6 Å². The van der Waals surface area contributed by atoms with Crippen LogP contribution in [0.5, 0.6) is 0 Å². The molecule has 1 aromatic rings. The average molecular weight is 153 g/mol. The summed E-state index contributed by atoms with van der Waals surface area (Å²) in [6.45, 7) is 5.96. The average Bonchev–Trinajstić information content (AvgIpc) is 2.09. The molecule has 0 spiro atoms. The third-order valence-corrected chi connectivity index (χ3v) is 1.29. The zero-order chi connectivity index (χ0) is 8.69. The highest BCUT2D eigenvalue weighted by Crippen LogP contribution is 2.01. The second-order valence-electron chi connectivity index (χ2n) is 1.91. The maximum Gasteiger partial charge on any atom is 0.0699 e. The maximum atomic E-state index is 8.68. The molecule has 0 aliphatic rings. The molecule has 0 amide bonds. The second kappa shape index (κ2) is 5.86. The van der Waals surface area contributed by atoms with Crippen LogP contribution in [0.15, 0.2) is 18.3 Å². The van der Waals surface area contributed by atoms with Gasteiger partial charge in [-0.2, -0.15) is 0 Å². The van der Waals surface area contributed by atoms with Crippen molar-refractivity contribution in [3.63, 3.8) is 0 Å². The van der Waals surface area contributed by atoms with E-state index in [0.29, 0.717) is 0 Å². The molecule has 2 heteroatoms. The van der Waals surface area contributed by atoms with Crippen molar-refractivity contribution in [3.8, 4) is 0 Å². The molecular weight excluding hydrogens is 138 g/mol. The van der Waals surface area contributed by atoms with Crippen LogP contribution in [0, 0.1) is 6.92 Å². The van der Waals surface area contributed by atoms with E-state index in [1.165, 1.54) is 0 Å². The Morgan fingerprint density at radius 3 is 2.45 bits per heavy atom. The summed E-state index contributed by atoms with van der Waals surface area (Å²) < 4.78 is 0. The Labute approximate surface area is 67.9 Å². The summed E-state index contributed by atoms with van der Waals surface area (Å²) in [5.41, 5.74) is 1.80. The van der Waals surface area contributed by atoms with Crippen LogP contribution in [0.4, 0.5) is 0 Å². The Balaban J connectivity index is 0.000000461. The molecule has 2 nitrogen and oxygen atoms in total. The number of aryl methyl sites for hydroxylation is 1. The predicted octanol–water partition coefficient (Wildman–Crippen LogP) is 1.91. The quantitative estimate of drug-likeness (QED) is 0.668. The summed E-state index contributed by atoms with van der Waals surface area (Å²) in [7, 11) is 0. The zero-order valence-electron chi connectivity index (χ0n) is 7.33. The Kier molecular flexibility index (Phi) is 5.39. The normalized spacial score (nSPS) is 8.36. The van der Waals surface area contributed by atoms with E-state index in [1.807, 2.05) is 32.9 Å². The molecule has 0 unspecified atom stereocenters. The summed E-state index contributed by atoms with van der Waals surface area (Å²) in [6, 6.07) is 3.68. The highest BCUT2D eigenvalue weighted by Gasteiger charge is 1.92. The smallest absolute Gasteiger partial charge is 0.0699 e. The second-order valence-corrected chi connectivity index (χ2v) is 1.91. The topological polar surface area (TPSA) is 33.1 Å². The predicted molar refractivity (Wildman–Crippen MR) is 46.2 cm³/mol. The lowest BCUT2D eigenvalue weighted by Crippen LogP contribution is -1.89. The largest absolute Gasteiger partial charge is 0.392 e. The van der Waals surface area contributed by atoms with Crippen molar-refractivity contribution >= 4 is 0 Å². The van der Waals surface area contributed by atoms with Gasteiger partial charge in [-0.3, -0.25) is 4.98 Å². The molecule has 0 saturated carbocycles. The van der Waals surface area contributed by atoms with Crippen LogP contribution in [0.3, 0.4) is 0 Å². The first-order chi connectivity index (χ1) is 5.34. The van der Waals surface area contributed by atoms with Gasteiger partial charge in [0.2, 0.25) is 0 Å². The van der Waals surface area contributed by atoms with Crippen LogP contribution < -0.4 is 0 Å². The minimum absolute atomic E-state index is 0.0830. The van der Waals surface area contributed by atoms with Gasteiger partial charge in [0, 0.05) is 11.9 Å². The van der Waals surface area contributed by atoms with E-state index in [9.17, 15) is 0 Å². The van der Waals surface area contributed by atoms with Crippen molar-refractivity contribution in [2.75, 3.05) is 0 Å². The fourth-order valence-corrected chi connectivity index (χ4v) is 0.685. The number of hydrogen-bond donors (Lipinski definition) is 1. The van der Waals surface area contributed by atoms with Crippen LogP contribution in [0.2, 0.25) is 0 Å². The molecule has 11 heavy (non-hydrogen) atoms. The minimum Gasteiger partial charge on any atom is -0.392 e. The summed E-state index contributed by atoms with van der Waals surface area (Å²) in [6.07, 6.45) is 1.72. The number of aliphatic hydroxyl groups excluding tert-OH is 1. The molecule has 1 aromatic heterocycles. The van der Waals surface area contributed by atoms with Gasteiger partial charge in [0.1, 0.15) is 0 Å². The lowest BCUT2D eigenvalue weighted by molar-refractivity contribution is 0.280. The molecule has 0 fully saturated rings. The van der Waals surface area contributed by atoms with E-state index < -0.39 is 0 Å². The van der Waals surface area contributed by atoms with Gasteiger partial charge >= 0.3 is 0 Å². The van der Waals surface area contributed by atoms with Gasteiger partial charge in [0.25, 0.3) is 0 Å². The molecule has 0 aliphatic heterocycles. The van der Waals surface area contributed by atoms with E-state index in [2.05, 4.69) is 4.98 Å². The van der Waals surface area contributed by atoms with E-state index in [0.717, 1.165) is 11.3 Å². The van der Waals surface area contributed by atoms with Crippen molar-refractivity contribution in [2.45, 2.75) is 27.4 Å². The van der Waals surface area contributed by atoms with Crippen LogP contribution in [0.25, 0.3) is 0 Å². The molecule has 1 heterocycles. The maximum absolute atomic E-state index is 8.68. The molecule has 0 radical (unpaired) electrons. The number of aliphatic hydroxyl groups is 1. The highest BCUT2D eigenvalue weighted by atomic mass is 16.3. The standard InChI is InChI=1S/C7H9NO.C2H6/c1-6-7(5-9)3-2-4-8-6;1-2/h2-4,9H,5H2,1H3;1-2H3. The zero-order valence-corrected chi connectivity index (χ0v) is 7.33. The van der Waals surface area contributed by atoms with Gasteiger partial charge in [-0.05, 0) is 18.6 Å². The number of aromatic nitrogens is 1. The molecular formula is C9H15NO. The van der Waals surface area contributed by atoms with Gasteiger partial charge in [0.15, 0.2) is 0 Å². The molecule has 0 atom stereocenters. The third kappa shape index (κ3) is 3.14. The monoisotopic (exact) mass is 153 g/mol. The van der Waals surface area contributed by atoms with Crippen LogP contribution >= 0.6 is 0 Å². The lowest BCUT2D eigenvalue weighted by Gasteiger charge is -1.96. The highest BCUT2D eigenvalue weighted by molar-refractivity contribution is 5.16. The first kappa shape index (κ1) is 10.1. The fraction of sp³-hybridized carbons (Fsp3) is 0.444. The van der Waals surface area contributed by atoms with Gasteiger partial charge in [-0.15, -0.1) is 0 Å². The van der Waals surface area contributed by atoms with Crippen molar-refractivity contribution < 1.29 is 5.11 Å². The Morgan fingerprint density at radius 2 is 2.09 bits per heavy atom. The van der Waals surface area contributed by atoms with E-state index >= 15 is 0 Å². The van der Waals surface area contributed by atoms with E-state index in [-0.39, 0.29) is 6.61 Å². The molecule has 0 bridgehead atoms. The van der Waals surface area contributed by atoms with Crippen molar-refractivity contribution in [1.29, 1.82) is 0 Å². The molecule has 1 rings (SSSR count). The third-order valence-electron chi connectivity index (χ3n) is 1.29. The number of nitrogens with zero attached hydrogens (tertiary/aromatic N) is 1. The van der Waals surface area contributed by atoms with Gasteiger partial charge in [-0.25, -0.2) is 0 Å².